The molecule has 2 aliphatic heterocycles. The van der Waals surface area contributed by atoms with Gasteiger partial charge in [0.05, 0.1) is 11.3 Å². The Morgan fingerprint density at radius 1 is 0.903 bits per heavy atom. The Morgan fingerprint density at radius 3 is 2.32 bits per heavy atom. The molecule has 166 valence electrons. The van der Waals surface area contributed by atoms with Crippen molar-refractivity contribution in [2.75, 3.05) is 31.1 Å². The molecule has 1 atom stereocenters. The number of sulfonamides is 1. The first kappa shape index (κ1) is 21.8. The van der Waals surface area contributed by atoms with E-state index < -0.39 is 10.0 Å². The molecule has 1 N–H and O–H groups in total. The molecular weight excluding hydrogens is 410 g/mol. The first-order chi connectivity index (χ1) is 15.0. The van der Waals surface area contributed by atoms with Crippen molar-refractivity contribution in [3.05, 3.63) is 60.2 Å². The van der Waals surface area contributed by atoms with Gasteiger partial charge in [0.25, 0.3) is 0 Å². The summed E-state index contributed by atoms with van der Waals surface area (Å²) in [5.41, 5.74) is 2.04. The van der Waals surface area contributed by atoms with Gasteiger partial charge in [-0.2, -0.15) is 4.31 Å². The lowest BCUT2D eigenvalue weighted by atomic mass is 10.1. The highest BCUT2D eigenvalue weighted by atomic mass is 32.2. The Balaban J connectivity index is 1.38. The maximum absolute atomic E-state index is 13.2. The molecule has 1 unspecified atom stereocenters. The van der Waals surface area contributed by atoms with Crippen LogP contribution in [0.25, 0.3) is 0 Å². The summed E-state index contributed by atoms with van der Waals surface area (Å²) in [5, 5.41) is 3.02. The maximum atomic E-state index is 13.2. The first-order valence-corrected chi connectivity index (χ1v) is 12.6. The summed E-state index contributed by atoms with van der Waals surface area (Å²) in [7, 11) is -3.57. The molecule has 6 nitrogen and oxygen atoms in total. The molecule has 0 aromatic heterocycles. The van der Waals surface area contributed by atoms with Gasteiger partial charge in [-0.25, -0.2) is 8.42 Å². The van der Waals surface area contributed by atoms with Gasteiger partial charge in [-0.15, -0.1) is 0 Å². The van der Waals surface area contributed by atoms with E-state index in [1.54, 1.807) is 12.1 Å². The van der Waals surface area contributed by atoms with Gasteiger partial charge in [0.1, 0.15) is 0 Å². The zero-order valence-corrected chi connectivity index (χ0v) is 18.7. The van der Waals surface area contributed by atoms with E-state index in [2.05, 4.69) is 10.2 Å². The average molecular weight is 442 g/mol. The normalized spacial score (nSPS) is 20.4. The Hall–Kier alpha value is -2.38. The third kappa shape index (κ3) is 5.46. The van der Waals surface area contributed by atoms with Crippen LogP contribution in [-0.4, -0.2) is 50.9 Å². The topological polar surface area (TPSA) is 69.7 Å². The second kappa shape index (κ2) is 9.83. The van der Waals surface area contributed by atoms with Crippen LogP contribution in [0.3, 0.4) is 0 Å². The van der Waals surface area contributed by atoms with Crippen LogP contribution in [0.5, 0.6) is 0 Å². The molecule has 0 spiro atoms. The maximum Gasteiger partial charge on any atom is 0.243 e. The van der Waals surface area contributed by atoms with Crippen LogP contribution in [0.2, 0.25) is 0 Å². The number of benzene rings is 2. The molecule has 2 aromatic carbocycles. The zero-order chi connectivity index (χ0) is 21.7. The van der Waals surface area contributed by atoms with Crippen LogP contribution in [0, 0.1) is 0 Å². The third-order valence-corrected chi connectivity index (χ3v) is 8.03. The zero-order valence-electron chi connectivity index (χ0n) is 17.9. The van der Waals surface area contributed by atoms with Gasteiger partial charge in [-0.3, -0.25) is 4.79 Å². The van der Waals surface area contributed by atoms with Crippen LogP contribution in [0.4, 0.5) is 5.69 Å². The van der Waals surface area contributed by atoms with Gasteiger partial charge in [0.15, 0.2) is 0 Å². The highest BCUT2D eigenvalue weighted by molar-refractivity contribution is 7.89. The second-order valence-corrected chi connectivity index (χ2v) is 10.4. The van der Waals surface area contributed by atoms with E-state index >= 15 is 0 Å². The molecule has 4 rings (SSSR count). The predicted octanol–water partition coefficient (Wildman–Crippen LogP) is 3.19. The van der Waals surface area contributed by atoms with Crippen molar-refractivity contribution in [3.8, 4) is 0 Å². The van der Waals surface area contributed by atoms with Crippen LogP contribution in [0.15, 0.2) is 59.5 Å². The highest BCUT2D eigenvalue weighted by Crippen LogP contribution is 2.25. The fourth-order valence-corrected chi connectivity index (χ4v) is 5.99. The summed E-state index contributed by atoms with van der Waals surface area (Å²) in [6, 6.07) is 16.7. The molecular formula is C24H31N3O3S. The number of hydrogen-bond acceptors (Lipinski definition) is 4. The predicted molar refractivity (Wildman–Crippen MR) is 123 cm³/mol. The summed E-state index contributed by atoms with van der Waals surface area (Å²) in [6.45, 7) is 2.86. The molecule has 2 aliphatic rings. The Morgan fingerprint density at radius 2 is 1.61 bits per heavy atom. The molecule has 0 saturated carbocycles. The van der Waals surface area contributed by atoms with Gasteiger partial charge >= 0.3 is 0 Å². The lowest BCUT2D eigenvalue weighted by Crippen LogP contribution is -2.49. The van der Waals surface area contributed by atoms with Crippen molar-refractivity contribution < 1.29 is 13.2 Å². The van der Waals surface area contributed by atoms with Crippen molar-refractivity contribution in [1.82, 2.24) is 9.62 Å². The minimum Gasteiger partial charge on any atom is -0.372 e. The van der Waals surface area contributed by atoms with Crippen molar-refractivity contribution in [2.24, 2.45) is 0 Å². The molecule has 2 heterocycles. The van der Waals surface area contributed by atoms with Crippen molar-refractivity contribution in [3.63, 3.8) is 0 Å². The number of nitrogens with zero attached hydrogens (tertiary/aromatic N) is 2. The van der Waals surface area contributed by atoms with E-state index in [4.69, 9.17) is 0 Å². The van der Waals surface area contributed by atoms with E-state index in [9.17, 15) is 13.2 Å². The molecule has 31 heavy (non-hydrogen) atoms. The van der Waals surface area contributed by atoms with Crippen LogP contribution in [-0.2, 0) is 21.2 Å². The molecule has 0 radical (unpaired) electrons. The van der Waals surface area contributed by atoms with Gasteiger partial charge in [0.2, 0.25) is 15.9 Å². The second-order valence-electron chi connectivity index (χ2n) is 8.47. The summed E-state index contributed by atoms with van der Waals surface area (Å²) in [6.07, 6.45) is 5.47. The lowest BCUT2D eigenvalue weighted by Gasteiger charge is -2.32. The van der Waals surface area contributed by atoms with Gasteiger partial charge in [-0.05, 0) is 61.9 Å². The molecule has 7 heteroatoms. The van der Waals surface area contributed by atoms with E-state index in [0.717, 1.165) is 37.2 Å². The molecule has 1 amide bonds. The standard InChI is InChI=1S/C24H31N3O3S/c28-24(18-20-8-3-1-4-9-20)25-21-10-7-17-27(19-21)31(29,30)23-13-11-22(12-14-23)26-15-5-2-6-16-26/h1,3-4,8-9,11-14,21H,2,5-7,10,15-19H2,(H,25,28). The fourth-order valence-electron chi connectivity index (χ4n) is 4.47. The van der Waals surface area contributed by atoms with E-state index in [1.165, 1.54) is 23.6 Å². The summed E-state index contributed by atoms with van der Waals surface area (Å²) < 4.78 is 27.9. The quantitative estimate of drug-likeness (QED) is 0.748. The van der Waals surface area contributed by atoms with Gasteiger partial charge < -0.3 is 10.2 Å². The van der Waals surface area contributed by atoms with E-state index in [-0.39, 0.29) is 11.9 Å². The number of hydrogen-bond donors (Lipinski definition) is 1. The Kier molecular flexibility index (Phi) is 6.92. The number of rotatable bonds is 6. The van der Waals surface area contributed by atoms with Gasteiger partial charge in [0, 0.05) is 37.9 Å². The summed E-state index contributed by atoms with van der Waals surface area (Å²) in [5.74, 6) is -0.0682. The summed E-state index contributed by atoms with van der Waals surface area (Å²) >= 11 is 0. The van der Waals surface area contributed by atoms with Crippen LogP contribution >= 0.6 is 0 Å². The number of amides is 1. The number of piperidine rings is 2. The molecule has 0 aliphatic carbocycles. The van der Waals surface area contributed by atoms with Crippen molar-refractivity contribution in [1.29, 1.82) is 0 Å². The Labute approximate surface area is 185 Å². The van der Waals surface area contributed by atoms with Crippen LogP contribution in [0.1, 0.15) is 37.7 Å². The fraction of sp³-hybridized carbons (Fsp3) is 0.458. The molecule has 2 fully saturated rings. The highest BCUT2D eigenvalue weighted by Gasteiger charge is 2.31. The molecule has 0 bridgehead atoms. The molecule has 2 saturated heterocycles. The smallest absolute Gasteiger partial charge is 0.243 e. The van der Waals surface area contributed by atoms with Gasteiger partial charge in [-0.1, -0.05) is 30.3 Å². The third-order valence-electron chi connectivity index (χ3n) is 6.15. The SMILES string of the molecule is O=C(Cc1ccccc1)NC1CCCN(S(=O)(=O)c2ccc(N3CCCCC3)cc2)C1. The van der Waals surface area contributed by atoms with Crippen molar-refractivity contribution >= 4 is 21.6 Å². The largest absolute Gasteiger partial charge is 0.372 e. The minimum atomic E-state index is -3.57. The first-order valence-electron chi connectivity index (χ1n) is 11.2. The lowest BCUT2D eigenvalue weighted by molar-refractivity contribution is -0.121. The number of carbonyl (C=O) groups is 1. The Bertz CT molecular complexity index is 971. The molecule has 2 aromatic rings. The minimum absolute atomic E-state index is 0.0682. The van der Waals surface area contributed by atoms with E-state index in [1.807, 2.05) is 42.5 Å². The van der Waals surface area contributed by atoms with E-state index in [0.29, 0.717) is 24.4 Å². The number of nitrogens with one attached hydrogen (secondary N) is 1. The number of carbonyl (C=O) groups excluding carboxylic acids is 1. The summed E-state index contributed by atoms with van der Waals surface area (Å²) in [4.78, 5) is 15.1. The number of anilines is 1. The van der Waals surface area contributed by atoms with Crippen LogP contribution < -0.4 is 10.2 Å². The monoisotopic (exact) mass is 441 g/mol. The van der Waals surface area contributed by atoms with Crippen molar-refractivity contribution in [2.45, 2.75) is 49.5 Å². The average Bonchev–Trinajstić information content (AvgIpc) is 2.80.